The standard InChI is InChI=1S/C18H19ClN2/c1-4-14-8-10-15(11-9-14)21-17-12(2)6-5-7-16(17)20-18(21)13(3)19/h5-11,13H,4H2,1-3H3. The Bertz CT molecular complexity index is 770. The van der Waals surface area contributed by atoms with Crippen molar-refractivity contribution in [3.63, 3.8) is 0 Å². The molecule has 0 spiro atoms. The number of aromatic nitrogens is 2. The summed E-state index contributed by atoms with van der Waals surface area (Å²) in [5, 5.41) is -0.136. The summed E-state index contributed by atoms with van der Waals surface area (Å²) in [5.41, 5.74) is 5.80. The molecule has 0 aliphatic rings. The lowest BCUT2D eigenvalue weighted by Gasteiger charge is -2.12. The number of halogens is 1. The van der Waals surface area contributed by atoms with Gasteiger partial charge in [0.15, 0.2) is 0 Å². The van der Waals surface area contributed by atoms with Crippen molar-refractivity contribution in [1.29, 1.82) is 0 Å². The summed E-state index contributed by atoms with van der Waals surface area (Å²) in [6.07, 6.45) is 1.04. The van der Waals surface area contributed by atoms with Gasteiger partial charge in [0.1, 0.15) is 5.82 Å². The normalized spacial score (nSPS) is 12.8. The van der Waals surface area contributed by atoms with Crippen LogP contribution in [0.1, 0.15) is 36.2 Å². The average Bonchev–Trinajstić information content (AvgIpc) is 2.88. The molecular weight excluding hydrogens is 280 g/mol. The molecule has 0 saturated carbocycles. The highest BCUT2D eigenvalue weighted by Gasteiger charge is 2.17. The summed E-state index contributed by atoms with van der Waals surface area (Å²) in [4.78, 5) is 4.72. The molecule has 0 fully saturated rings. The predicted octanol–water partition coefficient (Wildman–Crippen LogP) is 5.20. The maximum Gasteiger partial charge on any atom is 0.132 e. The average molecular weight is 299 g/mol. The third-order valence-electron chi connectivity index (χ3n) is 3.86. The molecule has 0 amide bonds. The van der Waals surface area contributed by atoms with Crippen molar-refractivity contribution in [2.45, 2.75) is 32.6 Å². The van der Waals surface area contributed by atoms with E-state index in [9.17, 15) is 0 Å². The van der Waals surface area contributed by atoms with E-state index in [0.29, 0.717) is 0 Å². The number of hydrogen-bond acceptors (Lipinski definition) is 1. The largest absolute Gasteiger partial charge is 0.295 e. The Labute approximate surface area is 130 Å². The van der Waals surface area contributed by atoms with Gasteiger partial charge in [0.2, 0.25) is 0 Å². The van der Waals surface area contributed by atoms with E-state index in [1.54, 1.807) is 0 Å². The Hall–Kier alpha value is -1.80. The first kappa shape index (κ1) is 14.2. The van der Waals surface area contributed by atoms with Gasteiger partial charge in [-0.15, -0.1) is 11.6 Å². The van der Waals surface area contributed by atoms with Crippen LogP contribution in [0.4, 0.5) is 0 Å². The smallest absolute Gasteiger partial charge is 0.132 e. The molecule has 1 heterocycles. The first-order chi connectivity index (χ1) is 10.1. The van der Waals surface area contributed by atoms with Gasteiger partial charge in [0.25, 0.3) is 0 Å². The molecule has 1 unspecified atom stereocenters. The lowest BCUT2D eigenvalue weighted by molar-refractivity contribution is 0.880. The highest BCUT2D eigenvalue weighted by Crippen LogP contribution is 2.30. The minimum Gasteiger partial charge on any atom is -0.295 e. The topological polar surface area (TPSA) is 17.8 Å². The third kappa shape index (κ3) is 2.44. The maximum atomic E-state index is 6.36. The number of nitrogens with zero attached hydrogens (tertiary/aromatic N) is 2. The lowest BCUT2D eigenvalue weighted by Crippen LogP contribution is -2.02. The number of benzene rings is 2. The summed E-state index contributed by atoms with van der Waals surface area (Å²) in [5.74, 6) is 0.894. The molecule has 2 aromatic carbocycles. The molecule has 3 rings (SSSR count). The van der Waals surface area contributed by atoms with Crippen LogP contribution in [0.25, 0.3) is 16.7 Å². The van der Waals surface area contributed by atoms with Crippen LogP contribution in [-0.2, 0) is 6.42 Å². The summed E-state index contributed by atoms with van der Waals surface area (Å²) < 4.78 is 2.18. The number of para-hydroxylation sites is 1. The maximum absolute atomic E-state index is 6.36. The van der Waals surface area contributed by atoms with Crippen molar-refractivity contribution in [3.8, 4) is 5.69 Å². The van der Waals surface area contributed by atoms with E-state index in [0.717, 1.165) is 29.0 Å². The minimum atomic E-state index is -0.136. The Morgan fingerprint density at radius 2 is 1.86 bits per heavy atom. The van der Waals surface area contributed by atoms with E-state index >= 15 is 0 Å². The van der Waals surface area contributed by atoms with Crippen LogP contribution in [-0.4, -0.2) is 9.55 Å². The molecule has 0 saturated heterocycles. The predicted molar refractivity (Wildman–Crippen MR) is 89.5 cm³/mol. The molecule has 2 nitrogen and oxygen atoms in total. The van der Waals surface area contributed by atoms with Gasteiger partial charge in [-0.1, -0.05) is 31.2 Å². The molecule has 0 N–H and O–H groups in total. The second-order valence-corrected chi connectivity index (χ2v) is 6.04. The monoisotopic (exact) mass is 298 g/mol. The van der Waals surface area contributed by atoms with Crippen LogP contribution in [0, 0.1) is 6.92 Å². The number of aryl methyl sites for hydroxylation is 2. The Morgan fingerprint density at radius 1 is 1.14 bits per heavy atom. The molecule has 0 aliphatic heterocycles. The molecule has 0 bridgehead atoms. The van der Waals surface area contributed by atoms with Crippen molar-refractivity contribution in [2.24, 2.45) is 0 Å². The lowest BCUT2D eigenvalue weighted by atomic mass is 10.1. The van der Waals surface area contributed by atoms with Crippen LogP contribution < -0.4 is 0 Å². The molecule has 3 heteroatoms. The van der Waals surface area contributed by atoms with Gasteiger partial charge >= 0.3 is 0 Å². The van der Waals surface area contributed by atoms with Gasteiger partial charge in [-0.25, -0.2) is 4.98 Å². The van der Waals surface area contributed by atoms with Gasteiger partial charge in [-0.2, -0.15) is 0 Å². The van der Waals surface area contributed by atoms with Crippen LogP contribution in [0.3, 0.4) is 0 Å². The quantitative estimate of drug-likeness (QED) is 0.608. The fourth-order valence-corrected chi connectivity index (χ4v) is 2.87. The van der Waals surface area contributed by atoms with Gasteiger partial charge < -0.3 is 0 Å². The second-order valence-electron chi connectivity index (χ2n) is 5.38. The summed E-state index contributed by atoms with van der Waals surface area (Å²) >= 11 is 6.36. The van der Waals surface area contributed by atoms with Crippen LogP contribution in [0.2, 0.25) is 0 Å². The number of alkyl halides is 1. The summed E-state index contributed by atoms with van der Waals surface area (Å²) in [7, 11) is 0. The van der Waals surface area contributed by atoms with E-state index in [1.165, 1.54) is 11.1 Å². The highest BCUT2D eigenvalue weighted by atomic mass is 35.5. The number of hydrogen-bond donors (Lipinski definition) is 0. The highest BCUT2D eigenvalue weighted by molar-refractivity contribution is 6.20. The zero-order valence-corrected chi connectivity index (χ0v) is 13.4. The molecule has 3 aromatic rings. The van der Waals surface area contributed by atoms with Gasteiger partial charge in [-0.3, -0.25) is 4.57 Å². The molecular formula is C18H19ClN2. The summed E-state index contributed by atoms with van der Waals surface area (Å²) in [6.45, 7) is 6.25. The van der Waals surface area contributed by atoms with E-state index in [1.807, 2.05) is 19.1 Å². The van der Waals surface area contributed by atoms with Gasteiger partial charge in [0.05, 0.1) is 16.4 Å². The molecule has 0 aliphatic carbocycles. The molecule has 1 aromatic heterocycles. The van der Waals surface area contributed by atoms with E-state index in [-0.39, 0.29) is 5.38 Å². The first-order valence-corrected chi connectivity index (χ1v) is 7.76. The Morgan fingerprint density at radius 3 is 2.48 bits per heavy atom. The van der Waals surface area contributed by atoms with E-state index < -0.39 is 0 Å². The number of rotatable bonds is 3. The molecule has 21 heavy (non-hydrogen) atoms. The second kappa shape index (κ2) is 5.53. The third-order valence-corrected chi connectivity index (χ3v) is 4.06. The summed E-state index contributed by atoms with van der Waals surface area (Å²) in [6, 6.07) is 14.8. The molecule has 0 radical (unpaired) electrons. The SMILES string of the molecule is CCc1ccc(-n2c(C(C)Cl)nc3cccc(C)c32)cc1. The van der Waals surface area contributed by atoms with Gasteiger partial charge in [0, 0.05) is 5.69 Å². The fourth-order valence-electron chi connectivity index (χ4n) is 2.72. The van der Waals surface area contributed by atoms with Gasteiger partial charge in [-0.05, 0) is 49.6 Å². The number of imidazole rings is 1. The van der Waals surface area contributed by atoms with E-state index in [4.69, 9.17) is 16.6 Å². The number of fused-ring (bicyclic) bond motifs is 1. The van der Waals surface area contributed by atoms with E-state index in [2.05, 4.69) is 48.7 Å². The van der Waals surface area contributed by atoms with Crippen LogP contribution in [0.15, 0.2) is 42.5 Å². The van der Waals surface area contributed by atoms with Crippen LogP contribution in [0.5, 0.6) is 0 Å². The molecule has 1 atom stereocenters. The fraction of sp³-hybridized carbons (Fsp3) is 0.278. The van der Waals surface area contributed by atoms with Crippen LogP contribution >= 0.6 is 11.6 Å². The Kier molecular flexibility index (Phi) is 3.73. The minimum absolute atomic E-state index is 0.136. The zero-order chi connectivity index (χ0) is 15.0. The molecule has 108 valence electrons. The van der Waals surface area contributed by atoms with Crippen molar-refractivity contribution < 1.29 is 0 Å². The first-order valence-electron chi connectivity index (χ1n) is 7.33. The zero-order valence-electron chi connectivity index (χ0n) is 12.6. The van der Waals surface area contributed by atoms with Crippen molar-refractivity contribution in [2.75, 3.05) is 0 Å². The Balaban J connectivity index is 2.30. The van der Waals surface area contributed by atoms with Crippen molar-refractivity contribution >= 4 is 22.6 Å². The van der Waals surface area contributed by atoms with Crippen molar-refractivity contribution in [1.82, 2.24) is 9.55 Å². The van der Waals surface area contributed by atoms with Crippen molar-refractivity contribution in [3.05, 3.63) is 59.4 Å².